The number of aryl methyl sites for hydroxylation is 1. The van der Waals surface area contributed by atoms with Gasteiger partial charge in [-0.1, -0.05) is 53.7 Å². The summed E-state index contributed by atoms with van der Waals surface area (Å²) in [6.07, 6.45) is 5.87. The van der Waals surface area contributed by atoms with E-state index in [2.05, 4.69) is 39.4 Å². The topological polar surface area (TPSA) is 96.3 Å². The van der Waals surface area contributed by atoms with Gasteiger partial charge in [0.1, 0.15) is 18.2 Å². The first-order valence-electron chi connectivity index (χ1n) is 12.2. The molecule has 0 amide bonds. The molecule has 0 unspecified atom stereocenters. The fraction of sp³-hybridized carbons (Fsp3) is 0.167. The number of pyridine rings is 2. The number of benzene rings is 2. The second kappa shape index (κ2) is 11.9. The number of nitrogens with zero attached hydrogens (tertiary/aromatic N) is 3. The Hall–Kier alpha value is -4.65. The van der Waals surface area contributed by atoms with E-state index >= 15 is 0 Å². The van der Waals surface area contributed by atoms with Crippen molar-refractivity contribution in [2.45, 2.75) is 25.9 Å². The average molecular weight is 493 g/mol. The highest BCUT2D eigenvalue weighted by Gasteiger charge is 2.11. The summed E-state index contributed by atoms with van der Waals surface area (Å²) in [6.45, 7) is 1.16. The molecule has 3 heterocycles. The van der Waals surface area contributed by atoms with Gasteiger partial charge in [-0.3, -0.25) is 0 Å². The number of aromatic nitrogens is 3. The van der Waals surface area contributed by atoms with Gasteiger partial charge in [0.25, 0.3) is 0 Å². The summed E-state index contributed by atoms with van der Waals surface area (Å²) in [7, 11) is 0. The SMILES string of the molecule is Nc1ncccc1-c1cc(Cc2ccc(OCCCc3ccc(OCc4ccccc4)cc3)nc2)no1. The van der Waals surface area contributed by atoms with Crippen LogP contribution in [0, 0.1) is 0 Å². The van der Waals surface area contributed by atoms with Gasteiger partial charge >= 0.3 is 0 Å². The Bertz CT molecular complexity index is 1400. The minimum Gasteiger partial charge on any atom is -0.489 e. The first kappa shape index (κ1) is 24.1. The van der Waals surface area contributed by atoms with Crippen LogP contribution in [-0.4, -0.2) is 21.7 Å². The molecule has 0 saturated carbocycles. The lowest BCUT2D eigenvalue weighted by molar-refractivity contribution is 0.299. The lowest BCUT2D eigenvalue weighted by Crippen LogP contribution is -2.01. The summed E-state index contributed by atoms with van der Waals surface area (Å²) in [4.78, 5) is 8.52. The lowest BCUT2D eigenvalue weighted by atomic mass is 10.1. The number of rotatable bonds is 11. The third-order valence-corrected chi connectivity index (χ3v) is 5.88. The highest BCUT2D eigenvalue weighted by atomic mass is 16.5. The molecular formula is C30H28N4O3. The molecule has 5 aromatic rings. The standard InChI is InChI=1S/C30H28N4O3/c31-30-27(9-4-16-32-30)28-19-25(34-37-28)18-24-12-15-29(33-20-24)35-17-5-8-22-10-13-26(14-11-22)36-21-23-6-2-1-3-7-23/h1-4,6-7,9-16,19-20H,5,8,17-18,21H2,(H2,31,32). The second-order valence-corrected chi connectivity index (χ2v) is 8.67. The molecule has 2 aromatic carbocycles. The van der Waals surface area contributed by atoms with Crippen LogP contribution in [0.1, 0.15) is 28.8 Å². The van der Waals surface area contributed by atoms with Crippen molar-refractivity contribution < 1.29 is 14.0 Å². The molecule has 0 aliphatic heterocycles. The molecule has 0 bridgehead atoms. The predicted molar refractivity (Wildman–Crippen MR) is 142 cm³/mol. The molecule has 2 N–H and O–H groups in total. The molecule has 0 aliphatic rings. The van der Waals surface area contributed by atoms with E-state index < -0.39 is 0 Å². The molecule has 7 nitrogen and oxygen atoms in total. The molecule has 0 radical (unpaired) electrons. The van der Waals surface area contributed by atoms with E-state index in [9.17, 15) is 0 Å². The van der Waals surface area contributed by atoms with Crippen LogP contribution in [0.5, 0.6) is 11.6 Å². The third-order valence-electron chi connectivity index (χ3n) is 5.88. The fourth-order valence-electron chi connectivity index (χ4n) is 3.90. The maximum atomic E-state index is 5.92. The minimum absolute atomic E-state index is 0.415. The maximum absolute atomic E-state index is 5.92. The van der Waals surface area contributed by atoms with Crippen molar-refractivity contribution in [3.63, 3.8) is 0 Å². The first-order chi connectivity index (χ1) is 18.2. The van der Waals surface area contributed by atoms with Gasteiger partial charge in [0.2, 0.25) is 5.88 Å². The van der Waals surface area contributed by atoms with Crippen molar-refractivity contribution in [1.29, 1.82) is 0 Å². The van der Waals surface area contributed by atoms with Crippen LogP contribution < -0.4 is 15.2 Å². The average Bonchev–Trinajstić information content (AvgIpc) is 3.40. The zero-order valence-electron chi connectivity index (χ0n) is 20.4. The van der Waals surface area contributed by atoms with Gasteiger partial charge in [-0.15, -0.1) is 0 Å². The van der Waals surface area contributed by atoms with E-state index in [4.69, 9.17) is 19.7 Å². The maximum Gasteiger partial charge on any atom is 0.213 e. The van der Waals surface area contributed by atoms with Crippen molar-refractivity contribution in [3.8, 4) is 23.0 Å². The summed E-state index contributed by atoms with van der Waals surface area (Å²) in [5.74, 6) is 2.50. The Balaban J connectivity index is 1.04. The number of nitrogens with two attached hydrogens (primary N) is 1. The number of ether oxygens (including phenoxy) is 2. The van der Waals surface area contributed by atoms with E-state index in [1.54, 1.807) is 12.4 Å². The van der Waals surface area contributed by atoms with Crippen molar-refractivity contribution in [3.05, 3.63) is 120 Å². The number of hydrogen-bond acceptors (Lipinski definition) is 7. The molecule has 37 heavy (non-hydrogen) atoms. The van der Waals surface area contributed by atoms with Crippen molar-refractivity contribution in [1.82, 2.24) is 15.1 Å². The molecular weight excluding hydrogens is 464 g/mol. The van der Waals surface area contributed by atoms with E-state index in [0.717, 1.165) is 41.0 Å². The Kier molecular flexibility index (Phi) is 7.71. The van der Waals surface area contributed by atoms with Crippen LogP contribution >= 0.6 is 0 Å². The minimum atomic E-state index is 0.415. The lowest BCUT2D eigenvalue weighted by Gasteiger charge is -2.08. The largest absolute Gasteiger partial charge is 0.489 e. The molecule has 7 heteroatoms. The molecule has 5 rings (SSSR count). The Morgan fingerprint density at radius 3 is 2.41 bits per heavy atom. The molecule has 186 valence electrons. The fourth-order valence-corrected chi connectivity index (χ4v) is 3.90. The summed E-state index contributed by atoms with van der Waals surface area (Å²) < 4.78 is 17.1. The van der Waals surface area contributed by atoms with Gasteiger partial charge in [0.05, 0.1) is 17.9 Å². The van der Waals surface area contributed by atoms with Crippen LogP contribution in [0.15, 0.2) is 102 Å². The monoisotopic (exact) mass is 492 g/mol. The van der Waals surface area contributed by atoms with Gasteiger partial charge in [-0.2, -0.15) is 0 Å². The first-order valence-corrected chi connectivity index (χ1v) is 12.2. The summed E-state index contributed by atoms with van der Waals surface area (Å²) in [6, 6.07) is 27.8. The predicted octanol–water partition coefficient (Wildman–Crippen LogP) is 5.90. The molecule has 0 aliphatic carbocycles. The van der Waals surface area contributed by atoms with E-state index in [-0.39, 0.29) is 0 Å². The molecule has 0 atom stereocenters. The van der Waals surface area contributed by atoms with Gasteiger partial charge < -0.3 is 19.7 Å². The molecule has 0 spiro atoms. The summed E-state index contributed by atoms with van der Waals surface area (Å²) >= 11 is 0. The molecule has 0 fully saturated rings. The van der Waals surface area contributed by atoms with Gasteiger partial charge in [0, 0.05) is 30.9 Å². The zero-order valence-corrected chi connectivity index (χ0v) is 20.4. The van der Waals surface area contributed by atoms with Gasteiger partial charge in [-0.05, 0) is 53.8 Å². The number of nitrogen functional groups attached to an aromatic ring is 1. The Morgan fingerprint density at radius 1 is 0.784 bits per heavy atom. The molecule has 0 saturated heterocycles. The van der Waals surface area contributed by atoms with Crippen molar-refractivity contribution in [2.24, 2.45) is 0 Å². The number of anilines is 1. The second-order valence-electron chi connectivity index (χ2n) is 8.67. The Morgan fingerprint density at radius 2 is 1.62 bits per heavy atom. The van der Waals surface area contributed by atoms with E-state index in [0.29, 0.717) is 37.1 Å². The van der Waals surface area contributed by atoms with E-state index in [1.165, 1.54) is 5.56 Å². The van der Waals surface area contributed by atoms with Crippen molar-refractivity contribution in [2.75, 3.05) is 12.3 Å². The van der Waals surface area contributed by atoms with E-state index in [1.807, 2.05) is 60.7 Å². The highest BCUT2D eigenvalue weighted by molar-refractivity contribution is 5.69. The van der Waals surface area contributed by atoms with Crippen LogP contribution in [-0.2, 0) is 19.4 Å². The highest BCUT2D eigenvalue weighted by Crippen LogP contribution is 2.25. The van der Waals surface area contributed by atoms with Gasteiger partial charge in [0.15, 0.2) is 5.76 Å². The van der Waals surface area contributed by atoms with Crippen molar-refractivity contribution >= 4 is 5.82 Å². The third kappa shape index (κ3) is 6.73. The normalized spacial score (nSPS) is 10.8. The van der Waals surface area contributed by atoms with Crippen LogP contribution in [0.4, 0.5) is 5.82 Å². The van der Waals surface area contributed by atoms with Crippen LogP contribution in [0.25, 0.3) is 11.3 Å². The molecule has 3 aromatic heterocycles. The smallest absolute Gasteiger partial charge is 0.213 e. The summed E-state index contributed by atoms with van der Waals surface area (Å²) in [5, 5.41) is 4.15. The van der Waals surface area contributed by atoms with Gasteiger partial charge in [-0.25, -0.2) is 9.97 Å². The quantitative estimate of drug-likeness (QED) is 0.229. The Labute approximate surface area is 215 Å². The van der Waals surface area contributed by atoms with Crippen LogP contribution in [0.3, 0.4) is 0 Å². The number of hydrogen-bond donors (Lipinski definition) is 1. The summed E-state index contributed by atoms with van der Waals surface area (Å²) in [5.41, 5.74) is 10.9. The zero-order chi connectivity index (χ0) is 25.3. The van der Waals surface area contributed by atoms with Crippen LogP contribution in [0.2, 0.25) is 0 Å².